The number of hydrogen-bond acceptors (Lipinski definition) is 4. The Morgan fingerprint density at radius 3 is 2.39 bits per heavy atom. The van der Waals surface area contributed by atoms with Crippen molar-refractivity contribution in [3.63, 3.8) is 0 Å². The predicted octanol–water partition coefficient (Wildman–Crippen LogP) is 1.36. The van der Waals surface area contributed by atoms with E-state index in [-0.39, 0.29) is 6.10 Å². The van der Waals surface area contributed by atoms with Crippen molar-refractivity contribution in [2.75, 3.05) is 24.2 Å². The van der Waals surface area contributed by atoms with E-state index in [0.29, 0.717) is 4.90 Å². The third-order valence-corrected chi connectivity index (χ3v) is 4.39. The molecule has 0 saturated carbocycles. The molecule has 0 aliphatic carbocycles. The molecule has 1 aromatic carbocycles. The van der Waals surface area contributed by atoms with Crippen molar-refractivity contribution >= 4 is 15.5 Å². The Kier molecular flexibility index (Phi) is 3.64. The summed E-state index contributed by atoms with van der Waals surface area (Å²) in [6, 6.07) is 5.41. The highest BCUT2D eigenvalue weighted by Crippen LogP contribution is 2.25. The van der Waals surface area contributed by atoms with Gasteiger partial charge < -0.3 is 10.0 Å². The quantitative estimate of drug-likeness (QED) is 0.880. The van der Waals surface area contributed by atoms with Crippen molar-refractivity contribution in [3.05, 3.63) is 23.8 Å². The lowest BCUT2D eigenvalue weighted by molar-refractivity contribution is 0.145. The van der Waals surface area contributed by atoms with Crippen molar-refractivity contribution in [1.29, 1.82) is 0 Å². The van der Waals surface area contributed by atoms with Crippen LogP contribution in [0.4, 0.5) is 5.69 Å². The van der Waals surface area contributed by atoms with Gasteiger partial charge in [0.2, 0.25) is 0 Å². The monoisotopic (exact) mass is 269 g/mol. The van der Waals surface area contributed by atoms with Crippen LogP contribution in [0.5, 0.6) is 0 Å². The van der Waals surface area contributed by atoms with Crippen molar-refractivity contribution in [2.24, 2.45) is 0 Å². The highest BCUT2D eigenvalue weighted by atomic mass is 32.2. The van der Waals surface area contributed by atoms with Crippen molar-refractivity contribution in [3.8, 4) is 0 Å². The van der Waals surface area contributed by atoms with Gasteiger partial charge in [-0.1, -0.05) is 0 Å². The zero-order chi connectivity index (χ0) is 13.3. The molecule has 100 valence electrons. The van der Waals surface area contributed by atoms with Crippen molar-refractivity contribution in [1.82, 2.24) is 0 Å². The topological polar surface area (TPSA) is 57.6 Å². The molecule has 0 radical (unpaired) electrons. The van der Waals surface area contributed by atoms with E-state index in [1.807, 2.05) is 13.0 Å². The number of aliphatic hydroxyl groups excluding tert-OH is 1. The largest absolute Gasteiger partial charge is 0.393 e. The molecule has 1 heterocycles. The lowest BCUT2D eigenvalue weighted by Gasteiger charge is -2.31. The van der Waals surface area contributed by atoms with E-state index in [1.165, 1.54) is 6.26 Å². The molecule has 1 aliphatic rings. The Bertz CT molecular complexity index is 531. The molecular weight excluding hydrogens is 250 g/mol. The van der Waals surface area contributed by atoms with Gasteiger partial charge in [-0.2, -0.15) is 0 Å². The molecule has 0 aromatic heterocycles. The molecule has 2 rings (SSSR count). The summed E-state index contributed by atoms with van der Waals surface area (Å²) in [6.07, 6.45) is 2.48. The van der Waals surface area contributed by atoms with Gasteiger partial charge in [-0.15, -0.1) is 0 Å². The van der Waals surface area contributed by atoms with Crippen LogP contribution in [0.3, 0.4) is 0 Å². The van der Waals surface area contributed by atoms with Crippen LogP contribution in [0.2, 0.25) is 0 Å². The number of anilines is 1. The normalized spacial score (nSPS) is 18.1. The smallest absolute Gasteiger partial charge is 0.175 e. The standard InChI is InChI=1S/C13H19NO3S/c1-10-7-11(9-13(8-10)18(2,16)17)14-5-3-12(15)4-6-14/h7-9,12,15H,3-6H2,1-2H3. The molecule has 0 amide bonds. The molecule has 1 aliphatic heterocycles. The molecule has 5 heteroatoms. The molecule has 18 heavy (non-hydrogen) atoms. The lowest BCUT2D eigenvalue weighted by Crippen LogP contribution is -2.35. The molecule has 1 aromatic rings. The summed E-state index contributed by atoms with van der Waals surface area (Å²) in [5.74, 6) is 0. The van der Waals surface area contributed by atoms with E-state index in [0.717, 1.165) is 37.2 Å². The number of aliphatic hydroxyl groups is 1. The van der Waals surface area contributed by atoms with Crippen LogP contribution in [0.1, 0.15) is 18.4 Å². The zero-order valence-electron chi connectivity index (χ0n) is 10.8. The fourth-order valence-corrected chi connectivity index (χ4v) is 2.98. The molecule has 0 bridgehead atoms. The first-order valence-corrected chi connectivity index (χ1v) is 8.00. The molecule has 4 nitrogen and oxygen atoms in total. The van der Waals surface area contributed by atoms with Gasteiger partial charge in [-0.3, -0.25) is 0 Å². The molecular formula is C13H19NO3S. The molecule has 0 atom stereocenters. The number of sulfone groups is 1. The van der Waals surface area contributed by atoms with E-state index >= 15 is 0 Å². The Balaban J connectivity index is 2.31. The fourth-order valence-electron chi connectivity index (χ4n) is 2.25. The number of hydrogen-bond donors (Lipinski definition) is 1. The van der Waals surface area contributed by atoms with Crippen LogP contribution >= 0.6 is 0 Å². The Labute approximate surface area is 108 Å². The molecule has 0 spiro atoms. The average Bonchev–Trinajstić information content (AvgIpc) is 2.28. The van der Waals surface area contributed by atoms with E-state index in [2.05, 4.69) is 4.90 Å². The summed E-state index contributed by atoms with van der Waals surface area (Å²) in [4.78, 5) is 2.50. The fraction of sp³-hybridized carbons (Fsp3) is 0.538. The van der Waals surface area contributed by atoms with Crippen LogP contribution in [-0.4, -0.2) is 39.0 Å². The third-order valence-electron chi connectivity index (χ3n) is 3.29. The van der Waals surface area contributed by atoms with E-state index < -0.39 is 9.84 Å². The molecule has 1 N–H and O–H groups in total. The Morgan fingerprint density at radius 2 is 1.83 bits per heavy atom. The van der Waals surface area contributed by atoms with Crippen LogP contribution in [-0.2, 0) is 9.84 Å². The number of piperidine rings is 1. The number of nitrogens with zero attached hydrogens (tertiary/aromatic N) is 1. The van der Waals surface area contributed by atoms with Gasteiger partial charge in [-0.05, 0) is 43.5 Å². The van der Waals surface area contributed by atoms with Crippen molar-refractivity contribution in [2.45, 2.75) is 30.8 Å². The summed E-state index contributed by atoms with van der Waals surface area (Å²) in [6.45, 7) is 3.44. The second kappa shape index (κ2) is 4.90. The van der Waals surface area contributed by atoms with Gasteiger partial charge in [0.25, 0.3) is 0 Å². The molecule has 0 unspecified atom stereocenters. The maximum Gasteiger partial charge on any atom is 0.175 e. The number of rotatable bonds is 2. The SMILES string of the molecule is Cc1cc(N2CCC(O)CC2)cc(S(C)(=O)=O)c1. The van der Waals surface area contributed by atoms with E-state index in [4.69, 9.17) is 0 Å². The number of benzene rings is 1. The van der Waals surface area contributed by atoms with Crippen molar-refractivity contribution < 1.29 is 13.5 Å². The van der Waals surface area contributed by atoms with Gasteiger partial charge in [0.15, 0.2) is 9.84 Å². The van der Waals surface area contributed by atoms with Gasteiger partial charge in [0, 0.05) is 25.0 Å². The first kappa shape index (κ1) is 13.4. The minimum atomic E-state index is -3.17. The highest BCUT2D eigenvalue weighted by Gasteiger charge is 2.19. The van der Waals surface area contributed by atoms with Crippen LogP contribution < -0.4 is 4.90 Å². The maximum atomic E-state index is 11.6. The number of aryl methyl sites for hydroxylation is 1. The highest BCUT2D eigenvalue weighted by molar-refractivity contribution is 7.90. The minimum absolute atomic E-state index is 0.222. The summed E-state index contributed by atoms with van der Waals surface area (Å²) in [5.41, 5.74) is 1.88. The van der Waals surface area contributed by atoms with Crippen LogP contribution in [0, 0.1) is 6.92 Å². The zero-order valence-corrected chi connectivity index (χ0v) is 11.6. The second-order valence-electron chi connectivity index (χ2n) is 4.99. The van der Waals surface area contributed by atoms with Gasteiger partial charge in [0.1, 0.15) is 0 Å². The predicted molar refractivity (Wildman–Crippen MR) is 71.7 cm³/mol. The Hall–Kier alpha value is -1.07. The lowest BCUT2D eigenvalue weighted by atomic mass is 10.1. The average molecular weight is 269 g/mol. The second-order valence-corrected chi connectivity index (χ2v) is 7.01. The first-order chi connectivity index (χ1) is 8.36. The van der Waals surface area contributed by atoms with Gasteiger partial charge >= 0.3 is 0 Å². The van der Waals surface area contributed by atoms with Crippen LogP contribution in [0.15, 0.2) is 23.1 Å². The maximum absolute atomic E-state index is 11.6. The van der Waals surface area contributed by atoms with E-state index in [1.54, 1.807) is 12.1 Å². The first-order valence-electron chi connectivity index (χ1n) is 6.11. The summed E-state index contributed by atoms with van der Waals surface area (Å²) >= 11 is 0. The minimum Gasteiger partial charge on any atom is -0.393 e. The van der Waals surface area contributed by atoms with Gasteiger partial charge in [0.05, 0.1) is 11.0 Å². The van der Waals surface area contributed by atoms with Gasteiger partial charge in [-0.25, -0.2) is 8.42 Å². The summed E-state index contributed by atoms with van der Waals surface area (Å²) < 4.78 is 23.2. The van der Waals surface area contributed by atoms with Crippen LogP contribution in [0.25, 0.3) is 0 Å². The summed E-state index contributed by atoms with van der Waals surface area (Å²) in [5, 5.41) is 9.49. The van der Waals surface area contributed by atoms with E-state index in [9.17, 15) is 13.5 Å². The molecule has 1 fully saturated rings. The Morgan fingerprint density at radius 1 is 1.22 bits per heavy atom. The molecule has 1 saturated heterocycles. The summed E-state index contributed by atoms with van der Waals surface area (Å²) in [7, 11) is -3.17. The third kappa shape index (κ3) is 3.03.